The minimum atomic E-state index is -2.92. The monoisotopic (exact) mass is 433 g/mol. The third-order valence-electron chi connectivity index (χ3n) is 3.18. The summed E-state index contributed by atoms with van der Waals surface area (Å²) >= 11 is 0. The van der Waals surface area contributed by atoms with Gasteiger partial charge in [0.25, 0.3) is 0 Å². The lowest BCUT2D eigenvalue weighted by atomic mass is 10.4. The lowest BCUT2D eigenvalue weighted by Crippen LogP contribution is -2.40. The molecule has 1 rings (SSSR count). The molecule has 21 heavy (non-hydrogen) atoms. The first kappa shape index (κ1) is 20.9. The maximum absolute atomic E-state index is 11.3. The third-order valence-corrected chi connectivity index (χ3v) is 4.88. The molecule has 126 valence electrons. The van der Waals surface area contributed by atoms with Crippen LogP contribution in [0.15, 0.2) is 4.99 Å². The predicted molar refractivity (Wildman–Crippen MR) is 97.3 cm³/mol. The van der Waals surface area contributed by atoms with Crippen molar-refractivity contribution in [1.29, 1.82) is 0 Å². The molecule has 0 aromatic carbocycles. The quantitative estimate of drug-likeness (QED) is 0.233. The van der Waals surface area contributed by atoms with Gasteiger partial charge in [-0.3, -0.25) is 4.99 Å². The third kappa shape index (κ3) is 11.2. The average Bonchev–Trinajstić information content (AvgIpc) is 3.24. The molecule has 0 aromatic heterocycles. The minimum absolute atomic E-state index is 0. The van der Waals surface area contributed by atoms with Crippen LogP contribution in [0.1, 0.15) is 26.2 Å². The highest BCUT2D eigenvalue weighted by molar-refractivity contribution is 14.0. The zero-order valence-corrected chi connectivity index (χ0v) is 16.1. The van der Waals surface area contributed by atoms with Gasteiger partial charge >= 0.3 is 0 Å². The molecular weight excluding hydrogens is 405 g/mol. The number of hydrogen-bond acceptors (Lipinski definition) is 4. The largest absolute Gasteiger partial charge is 0.381 e. The first-order valence-corrected chi connectivity index (χ1v) is 9.12. The number of nitrogens with one attached hydrogen (secondary N) is 2. The molecule has 0 atom stereocenters. The van der Waals surface area contributed by atoms with Crippen LogP contribution in [0.5, 0.6) is 0 Å². The number of rotatable bonds is 10. The van der Waals surface area contributed by atoms with E-state index in [1.54, 1.807) is 14.0 Å². The summed E-state index contributed by atoms with van der Waals surface area (Å²) < 4.78 is 28.2. The minimum Gasteiger partial charge on any atom is -0.381 e. The highest BCUT2D eigenvalue weighted by Crippen LogP contribution is 2.28. The molecule has 2 N–H and O–H groups in total. The van der Waals surface area contributed by atoms with E-state index >= 15 is 0 Å². The summed E-state index contributed by atoms with van der Waals surface area (Å²) in [5, 5.41) is 6.14. The molecule has 0 spiro atoms. The van der Waals surface area contributed by atoms with Gasteiger partial charge in [-0.25, -0.2) is 8.42 Å². The van der Waals surface area contributed by atoms with Crippen LogP contribution in [0, 0.1) is 5.92 Å². The van der Waals surface area contributed by atoms with Crippen molar-refractivity contribution < 1.29 is 13.2 Å². The number of halogens is 1. The molecule has 1 fully saturated rings. The van der Waals surface area contributed by atoms with Crippen molar-refractivity contribution >= 4 is 39.8 Å². The van der Waals surface area contributed by atoms with Gasteiger partial charge in [-0.15, -0.1) is 24.0 Å². The van der Waals surface area contributed by atoms with E-state index in [1.807, 2.05) is 0 Å². The molecule has 1 saturated carbocycles. The number of nitrogens with zero attached hydrogens (tertiary/aromatic N) is 1. The summed E-state index contributed by atoms with van der Waals surface area (Å²) in [4.78, 5) is 4.05. The van der Waals surface area contributed by atoms with E-state index in [9.17, 15) is 8.42 Å². The fourth-order valence-corrected chi connectivity index (χ4v) is 2.31. The van der Waals surface area contributed by atoms with Gasteiger partial charge in [-0.2, -0.15) is 0 Å². The van der Waals surface area contributed by atoms with Gasteiger partial charge in [0.2, 0.25) is 0 Å². The van der Waals surface area contributed by atoms with Crippen LogP contribution >= 0.6 is 24.0 Å². The van der Waals surface area contributed by atoms with Gasteiger partial charge in [0, 0.05) is 39.1 Å². The van der Waals surface area contributed by atoms with Crippen LogP contribution in [-0.4, -0.2) is 59.2 Å². The van der Waals surface area contributed by atoms with E-state index in [2.05, 4.69) is 15.6 Å². The summed E-state index contributed by atoms with van der Waals surface area (Å²) in [6.07, 6.45) is 3.55. The Kier molecular flexibility index (Phi) is 11.4. The van der Waals surface area contributed by atoms with E-state index in [0.29, 0.717) is 12.5 Å². The van der Waals surface area contributed by atoms with Crippen molar-refractivity contribution in [1.82, 2.24) is 10.6 Å². The molecule has 0 unspecified atom stereocenters. The number of sulfone groups is 1. The second-order valence-corrected chi connectivity index (χ2v) is 7.51. The molecule has 0 bridgehead atoms. The fraction of sp³-hybridized carbons (Fsp3) is 0.923. The van der Waals surface area contributed by atoms with Crippen molar-refractivity contribution in [2.24, 2.45) is 10.9 Å². The van der Waals surface area contributed by atoms with E-state index in [4.69, 9.17) is 4.74 Å². The number of aliphatic imine (C=N–C) groups is 1. The Bertz CT molecular complexity index is 397. The SMILES string of the molecule is CCS(=O)(=O)CCNC(=NC)NCCCOCC1CC1.I. The van der Waals surface area contributed by atoms with Crippen molar-refractivity contribution in [3.05, 3.63) is 0 Å². The number of guanidine groups is 1. The lowest BCUT2D eigenvalue weighted by molar-refractivity contribution is 0.123. The van der Waals surface area contributed by atoms with Gasteiger partial charge in [0.15, 0.2) is 15.8 Å². The van der Waals surface area contributed by atoms with E-state index < -0.39 is 9.84 Å². The standard InChI is InChI=1S/C13H27N3O3S.HI/c1-3-20(17,18)10-8-16-13(14-2)15-7-4-9-19-11-12-5-6-12;/h12H,3-11H2,1-2H3,(H2,14,15,16);1H. The molecule has 1 aliphatic carbocycles. The maximum Gasteiger partial charge on any atom is 0.191 e. The molecule has 0 aliphatic heterocycles. The summed E-state index contributed by atoms with van der Waals surface area (Å²) in [6.45, 7) is 4.45. The van der Waals surface area contributed by atoms with Crippen LogP contribution < -0.4 is 10.6 Å². The number of hydrogen-bond donors (Lipinski definition) is 2. The first-order chi connectivity index (χ1) is 9.57. The van der Waals surface area contributed by atoms with Crippen LogP contribution in [0.4, 0.5) is 0 Å². The van der Waals surface area contributed by atoms with Crippen molar-refractivity contribution in [3.63, 3.8) is 0 Å². The molecule has 1 aliphatic rings. The van der Waals surface area contributed by atoms with E-state index in [-0.39, 0.29) is 35.5 Å². The first-order valence-electron chi connectivity index (χ1n) is 7.30. The summed E-state index contributed by atoms with van der Waals surface area (Å²) in [5.74, 6) is 1.75. The normalized spacial score (nSPS) is 15.4. The maximum atomic E-state index is 11.3. The van der Waals surface area contributed by atoms with Gasteiger partial charge in [-0.05, 0) is 25.2 Å². The van der Waals surface area contributed by atoms with Crippen LogP contribution in [0.3, 0.4) is 0 Å². The second kappa shape index (κ2) is 11.5. The molecule has 0 amide bonds. The lowest BCUT2D eigenvalue weighted by Gasteiger charge is -2.11. The van der Waals surface area contributed by atoms with Crippen molar-refractivity contribution in [2.75, 3.05) is 44.9 Å². The van der Waals surface area contributed by atoms with Gasteiger partial charge < -0.3 is 15.4 Å². The summed E-state index contributed by atoms with van der Waals surface area (Å²) in [6, 6.07) is 0. The van der Waals surface area contributed by atoms with Gasteiger partial charge in [0.1, 0.15) is 0 Å². The average molecular weight is 433 g/mol. The van der Waals surface area contributed by atoms with Gasteiger partial charge in [0.05, 0.1) is 5.75 Å². The Hall–Kier alpha value is -0.0900. The number of ether oxygens (including phenoxy) is 1. The van der Waals surface area contributed by atoms with Crippen molar-refractivity contribution in [2.45, 2.75) is 26.2 Å². The molecule has 0 radical (unpaired) electrons. The van der Waals surface area contributed by atoms with E-state index in [1.165, 1.54) is 12.8 Å². The highest BCUT2D eigenvalue weighted by Gasteiger charge is 2.20. The molecule has 0 aromatic rings. The van der Waals surface area contributed by atoms with Crippen LogP contribution in [0.2, 0.25) is 0 Å². The molecule has 6 nitrogen and oxygen atoms in total. The predicted octanol–water partition coefficient (Wildman–Crippen LogP) is 1.02. The van der Waals surface area contributed by atoms with Crippen molar-refractivity contribution in [3.8, 4) is 0 Å². The topological polar surface area (TPSA) is 79.8 Å². The highest BCUT2D eigenvalue weighted by atomic mass is 127. The molecule has 0 saturated heterocycles. The zero-order valence-electron chi connectivity index (χ0n) is 12.9. The Morgan fingerprint density at radius 3 is 2.52 bits per heavy atom. The second-order valence-electron chi connectivity index (χ2n) is 5.03. The fourth-order valence-electron chi connectivity index (χ4n) is 1.61. The summed E-state index contributed by atoms with van der Waals surface area (Å²) in [5.41, 5.74) is 0. The van der Waals surface area contributed by atoms with Crippen LogP contribution in [0.25, 0.3) is 0 Å². The zero-order chi connectivity index (χ0) is 14.8. The van der Waals surface area contributed by atoms with Gasteiger partial charge in [-0.1, -0.05) is 6.92 Å². The summed E-state index contributed by atoms with van der Waals surface area (Å²) in [7, 11) is -1.25. The molecule has 8 heteroatoms. The Labute approximate surface area is 145 Å². The Morgan fingerprint density at radius 1 is 1.29 bits per heavy atom. The Balaban J connectivity index is 0.00000400. The molecular formula is C13H28IN3O3S. The van der Waals surface area contributed by atoms with Crippen LogP contribution in [-0.2, 0) is 14.6 Å². The Morgan fingerprint density at radius 2 is 1.95 bits per heavy atom. The van der Waals surface area contributed by atoms with E-state index in [0.717, 1.165) is 32.1 Å². The smallest absolute Gasteiger partial charge is 0.191 e. The molecule has 0 heterocycles.